The van der Waals surface area contributed by atoms with Crippen molar-refractivity contribution in [2.45, 2.75) is 6.42 Å². The van der Waals surface area contributed by atoms with E-state index in [1.54, 1.807) is 6.07 Å². The van der Waals surface area contributed by atoms with Gasteiger partial charge in [0.2, 0.25) is 0 Å². The van der Waals surface area contributed by atoms with Crippen molar-refractivity contribution in [2.24, 2.45) is 0 Å². The molecule has 0 fully saturated rings. The molecule has 0 saturated heterocycles. The van der Waals surface area contributed by atoms with Gasteiger partial charge in [-0.25, -0.2) is 4.39 Å². The van der Waals surface area contributed by atoms with E-state index in [-0.39, 0.29) is 10.8 Å². The maximum absolute atomic E-state index is 13.2. The minimum Gasteiger partial charge on any atom is -0.262 e. The quantitative estimate of drug-likeness (QED) is 0.720. The predicted molar refractivity (Wildman–Crippen MR) is 66.6 cm³/mol. The zero-order valence-corrected chi connectivity index (χ0v) is 9.63. The summed E-state index contributed by atoms with van der Waals surface area (Å²) in [5.74, 6) is -0.383. The number of pyridine rings is 1. The van der Waals surface area contributed by atoms with Crippen molar-refractivity contribution >= 4 is 24.9 Å². The standard InChI is InChI=1S/C12H10BClFN/c13-9-2-3-10(16-7-9)5-8-1-4-11(14)12(15)6-8/h1-4,6-7H,5,13H2. The van der Waals surface area contributed by atoms with Gasteiger partial charge in [0, 0.05) is 18.3 Å². The van der Waals surface area contributed by atoms with Crippen LogP contribution in [0.1, 0.15) is 11.3 Å². The lowest BCUT2D eigenvalue weighted by atomic mass is 9.98. The molecule has 80 valence electrons. The lowest BCUT2D eigenvalue weighted by molar-refractivity contribution is 0.626. The Morgan fingerprint density at radius 3 is 2.69 bits per heavy atom. The van der Waals surface area contributed by atoms with Crippen molar-refractivity contribution in [2.75, 3.05) is 0 Å². The Morgan fingerprint density at radius 1 is 1.25 bits per heavy atom. The van der Waals surface area contributed by atoms with E-state index >= 15 is 0 Å². The van der Waals surface area contributed by atoms with Crippen molar-refractivity contribution in [1.82, 2.24) is 4.98 Å². The van der Waals surface area contributed by atoms with Gasteiger partial charge in [-0.15, -0.1) is 0 Å². The molecule has 2 rings (SSSR count). The zero-order valence-electron chi connectivity index (χ0n) is 8.87. The van der Waals surface area contributed by atoms with Gasteiger partial charge in [0.15, 0.2) is 0 Å². The second kappa shape index (κ2) is 4.66. The summed E-state index contributed by atoms with van der Waals surface area (Å²) >= 11 is 5.61. The Balaban J connectivity index is 2.20. The van der Waals surface area contributed by atoms with E-state index < -0.39 is 0 Å². The van der Waals surface area contributed by atoms with Gasteiger partial charge in [-0.2, -0.15) is 0 Å². The number of hydrogen-bond donors (Lipinski definition) is 0. The number of nitrogens with zero attached hydrogens (tertiary/aromatic N) is 1. The highest BCUT2D eigenvalue weighted by molar-refractivity contribution is 6.32. The van der Waals surface area contributed by atoms with E-state index in [4.69, 9.17) is 11.6 Å². The molecule has 1 aromatic heterocycles. The first-order valence-electron chi connectivity index (χ1n) is 5.00. The van der Waals surface area contributed by atoms with Gasteiger partial charge in [0.25, 0.3) is 0 Å². The largest absolute Gasteiger partial charge is 0.262 e. The molecule has 1 nitrogen and oxygen atoms in total. The molecular weight excluding hydrogens is 223 g/mol. The van der Waals surface area contributed by atoms with Gasteiger partial charge in [-0.05, 0) is 23.8 Å². The van der Waals surface area contributed by atoms with Crippen LogP contribution in [0.2, 0.25) is 5.02 Å². The fourth-order valence-corrected chi connectivity index (χ4v) is 1.58. The predicted octanol–water partition coefficient (Wildman–Crippen LogP) is 1.72. The third-order valence-electron chi connectivity index (χ3n) is 2.34. The summed E-state index contributed by atoms with van der Waals surface area (Å²) < 4.78 is 13.2. The van der Waals surface area contributed by atoms with Gasteiger partial charge < -0.3 is 0 Å². The average Bonchev–Trinajstić information content (AvgIpc) is 2.27. The molecule has 0 amide bonds. The first kappa shape index (κ1) is 11.1. The summed E-state index contributed by atoms with van der Waals surface area (Å²) in [6.45, 7) is 0. The molecular formula is C12H10BClFN. The minimum absolute atomic E-state index is 0.153. The molecule has 0 aliphatic rings. The molecule has 0 spiro atoms. The highest BCUT2D eigenvalue weighted by Gasteiger charge is 2.02. The maximum Gasteiger partial charge on any atom is 0.142 e. The Labute approximate surface area is 99.7 Å². The number of aromatic nitrogens is 1. The molecule has 0 bridgehead atoms. The summed E-state index contributed by atoms with van der Waals surface area (Å²) in [7, 11) is 1.98. The Bertz CT molecular complexity index is 499. The Kier molecular flexibility index (Phi) is 3.25. The maximum atomic E-state index is 13.2. The fraction of sp³-hybridized carbons (Fsp3) is 0.0833. The highest BCUT2D eigenvalue weighted by Crippen LogP contribution is 2.17. The van der Waals surface area contributed by atoms with Crippen LogP contribution in [0.15, 0.2) is 36.5 Å². The van der Waals surface area contributed by atoms with E-state index in [0.29, 0.717) is 6.42 Å². The monoisotopic (exact) mass is 233 g/mol. The smallest absolute Gasteiger partial charge is 0.142 e. The Morgan fingerprint density at radius 2 is 2.06 bits per heavy atom. The summed E-state index contributed by atoms with van der Waals surface area (Å²) in [6, 6.07) is 8.77. The van der Waals surface area contributed by atoms with Crippen LogP contribution in [0.5, 0.6) is 0 Å². The Hall–Kier alpha value is -1.35. The number of rotatable bonds is 2. The van der Waals surface area contributed by atoms with Crippen LogP contribution in [0.3, 0.4) is 0 Å². The van der Waals surface area contributed by atoms with Gasteiger partial charge in [-0.1, -0.05) is 29.2 Å². The van der Waals surface area contributed by atoms with E-state index in [1.165, 1.54) is 6.07 Å². The summed E-state index contributed by atoms with van der Waals surface area (Å²) in [4.78, 5) is 4.27. The zero-order chi connectivity index (χ0) is 11.5. The van der Waals surface area contributed by atoms with Crippen LogP contribution < -0.4 is 5.46 Å². The SMILES string of the molecule is Bc1ccc(Cc2ccc(Cl)c(F)c2)nc1. The number of benzene rings is 1. The van der Waals surface area contributed by atoms with E-state index in [9.17, 15) is 4.39 Å². The molecule has 4 heteroatoms. The van der Waals surface area contributed by atoms with Crippen molar-refractivity contribution in [3.63, 3.8) is 0 Å². The third-order valence-corrected chi connectivity index (χ3v) is 2.65. The second-order valence-corrected chi connectivity index (χ2v) is 4.16. The van der Waals surface area contributed by atoms with Gasteiger partial charge in [-0.3, -0.25) is 4.98 Å². The lowest BCUT2D eigenvalue weighted by Gasteiger charge is -2.02. The minimum atomic E-state index is -0.383. The van der Waals surface area contributed by atoms with Crippen molar-refractivity contribution in [1.29, 1.82) is 0 Å². The topological polar surface area (TPSA) is 12.9 Å². The molecule has 16 heavy (non-hydrogen) atoms. The molecule has 0 aliphatic heterocycles. The molecule has 1 aromatic carbocycles. The normalized spacial score (nSPS) is 10.4. The number of hydrogen-bond acceptors (Lipinski definition) is 1. The first-order valence-corrected chi connectivity index (χ1v) is 5.38. The molecule has 0 N–H and O–H groups in total. The average molecular weight is 233 g/mol. The molecule has 0 saturated carbocycles. The first-order chi connectivity index (χ1) is 7.65. The second-order valence-electron chi connectivity index (χ2n) is 3.75. The molecule has 0 unspecified atom stereocenters. The molecule has 0 atom stereocenters. The van der Waals surface area contributed by atoms with Crippen molar-refractivity contribution in [3.05, 3.63) is 58.6 Å². The molecule has 0 aliphatic carbocycles. The molecule has 2 aromatic rings. The van der Waals surface area contributed by atoms with Gasteiger partial charge >= 0.3 is 0 Å². The van der Waals surface area contributed by atoms with Crippen LogP contribution in [-0.2, 0) is 6.42 Å². The summed E-state index contributed by atoms with van der Waals surface area (Å²) in [5, 5.41) is 0.153. The lowest BCUT2D eigenvalue weighted by Crippen LogP contribution is -2.04. The van der Waals surface area contributed by atoms with Crippen LogP contribution in [0.25, 0.3) is 0 Å². The van der Waals surface area contributed by atoms with Crippen LogP contribution in [-0.4, -0.2) is 12.8 Å². The fourth-order valence-electron chi connectivity index (χ4n) is 1.46. The van der Waals surface area contributed by atoms with Crippen LogP contribution >= 0.6 is 11.6 Å². The van der Waals surface area contributed by atoms with Crippen molar-refractivity contribution < 1.29 is 4.39 Å². The van der Waals surface area contributed by atoms with Crippen molar-refractivity contribution in [3.8, 4) is 0 Å². The number of halogens is 2. The third kappa shape index (κ3) is 2.61. The van der Waals surface area contributed by atoms with Crippen LogP contribution in [0.4, 0.5) is 4.39 Å². The van der Waals surface area contributed by atoms with Gasteiger partial charge in [0.1, 0.15) is 13.7 Å². The molecule has 0 radical (unpaired) electrons. The van der Waals surface area contributed by atoms with E-state index in [0.717, 1.165) is 16.7 Å². The van der Waals surface area contributed by atoms with Crippen LogP contribution in [0, 0.1) is 5.82 Å². The van der Waals surface area contributed by atoms with Gasteiger partial charge in [0.05, 0.1) is 5.02 Å². The summed E-state index contributed by atoms with van der Waals surface area (Å²) in [5.41, 5.74) is 2.91. The van der Waals surface area contributed by atoms with E-state index in [2.05, 4.69) is 4.98 Å². The summed E-state index contributed by atoms with van der Waals surface area (Å²) in [6.07, 6.45) is 2.43. The van der Waals surface area contributed by atoms with E-state index in [1.807, 2.05) is 32.2 Å². The highest BCUT2D eigenvalue weighted by atomic mass is 35.5. The molecule has 1 heterocycles.